The first-order valence-corrected chi connectivity index (χ1v) is 15.1. The third-order valence-corrected chi connectivity index (χ3v) is 5.30. The van der Waals surface area contributed by atoms with Crippen molar-refractivity contribution in [2.24, 2.45) is 5.92 Å². The molecular formula is C29H42N3O9S+. The van der Waals surface area contributed by atoms with Crippen LogP contribution in [0.4, 0.5) is 4.79 Å². The lowest BCUT2D eigenvalue weighted by molar-refractivity contribution is -0.727. The number of ether oxygens (including phenoxy) is 3. The number of unbranched alkanes of at least 4 members (excludes halogenated alkanes) is 2. The topological polar surface area (TPSA) is 152 Å². The van der Waals surface area contributed by atoms with Gasteiger partial charge in [0.25, 0.3) is 22.8 Å². The molecule has 2 amide bonds. The summed E-state index contributed by atoms with van der Waals surface area (Å²) in [5, 5.41) is 2.90. The molecule has 13 heteroatoms. The number of hydrogen-bond acceptors (Lipinski definition) is 8. The van der Waals surface area contributed by atoms with E-state index in [1.165, 1.54) is 12.0 Å². The van der Waals surface area contributed by atoms with Gasteiger partial charge in [0.2, 0.25) is 5.91 Å². The van der Waals surface area contributed by atoms with Crippen LogP contribution < -0.4 is 19.4 Å². The number of carbonyl (C=O) groups is 3. The van der Waals surface area contributed by atoms with Crippen LogP contribution in [0.5, 0.6) is 11.5 Å². The van der Waals surface area contributed by atoms with Crippen molar-refractivity contribution in [3.8, 4) is 11.5 Å². The third-order valence-electron chi connectivity index (χ3n) is 5.30. The molecule has 1 aromatic carbocycles. The summed E-state index contributed by atoms with van der Waals surface area (Å²) in [7, 11) is 1.12. The lowest BCUT2D eigenvalue weighted by Gasteiger charge is -2.11. The molecule has 0 saturated carbocycles. The van der Waals surface area contributed by atoms with Gasteiger partial charge < -0.3 is 24.4 Å². The van der Waals surface area contributed by atoms with Crippen molar-refractivity contribution in [3.05, 3.63) is 66.0 Å². The van der Waals surface area contributed by atoms with Crippen LogP contribution in [-0.2, 0) is 32.9 Å². The number of amides is 2. The molecule has 0 fully saturated rings. The molecule has 0 saturated heterocycles. The fourth-order valence-electron chi connectivity index (χ4n) is 3.34. The highest BCUT2D eigenvalue weighted by Crippen LogP contribution is 2.28. The molecule has 1 aromatic heterocycles. The lowest BCUT2D eigenvalue weighted by atomic mass is 10.1. The number of carbonyl (C=O) groups excluding carboxylic acids is 3. The largest absolute Gasteiger partial charge is 0.518 e. The molecule has 0 atom stereocenters. The zero-order chi connectivity index (χ0) is 31.7. The molecule has 12 nitrogen and oxygen atoms in total. The number of aromatic nitrogens is 1. The number of nitrogens with zero attached hydrogens (tertiary/aromatic N) is 2. The van der Waals surface area contributed by atoms with Crippen LogP contribution in [-0.4, -0.2) is 63.3 Å². The van der Waals surface area contributed by atoms with Crippen molar-refractivity contribution in [1.82, 2.24) is 10.2 Å². The standard InChI is InChI=1S/C28H37N3O6.CH4O3S/c1-21(2)11-8-6-7-9-13-26(32)29-18-22-14-15-24(25(17-22)35-5)37-28(34)36-20-31-16-10-12-23(19-31)27(33)30(3)4;1-5(2,3)4/h8,10-12,14-17,19,21H,6-7,9,13,18,20H2,1-5H3;1H3,(H,2,3,4)/p+1. The van der Waals surface area contributed by atoms with Crippen LogP contribution in [0.15, 0.2) is 54.9 Å². The molecule has 0 spiro atoms. The molecule has 0 unspecified atom stereocenters. The van der Waals surface area contributed by atoms with Crippen LogP contribution in [0.2, 0.25) is 0 Å². The number of benzene rings is 1. The average Bonchev–Trinajstić information content (AvgIpc) is 2.91. The van der Waals surface area contributed by atoms with E-state index in [1.54, 1.807) is 61.4 Å². The van der Waals surface area contributed by atoms with Gasteiger partial charge in [-0.2, -0.15) is 13.0 Å². The molecule has 42 heavy (non-hydrogen) atoms. The smallest absolute Gasteiger partial charge is 0.493 e. The maximum absolute atomic E-state index is 12.2. The Balaban J connectivity index is 0.00000162. The summed E-state index contributed by atoms with van der Waals surface area (Å²) in [6, 6.07) is 8.40. The van der Waals surface area contributed by atoms with E-state index in [0.29, 0.717) is 36.5 Å². The predicted octanol–water partition coefficient (Wildman–Crippen LogP) is 3.75. The van der Waals surface area contributed by atoms with Crippen molar-refractivity contribution < 1.29 is 46.1 Å². The average molecular weight is 609 g/mol. The van der Waals surface area contributed by atoms with Crippen LogP contribution >= 0.6 is 0 Å². The fourth-order valence-corrected chi connectivity index (χ4v) is 3.34. The molecule has 2 rings (SSSR count). The Morgan fingerprint density at radius 1 is 1.12 bits per heavy atom. The van der Waals surface area contributed by atoms with E-state index >= 15 is 0 Å². The lowest BCUT2D eigenvalue weighted by Crippen LogP contribution is -2.37. The van der Waals surface area contributed by atoms with Gasteiger partial charge in [0.1, 0.15) is 5.56 Å². The molecule has 0 aliphatic carbocycles. The van der Waals surface area contributed by atoms with Crippen molar-refractivity contribution >= 4 is 28.1 Å². The van der Waals surface area contributed by atoms with Gasteiger partial charge >= 0.3 is 6.16 Å². The number of pyridine rings is 1. The normalized spacial score (nSPS) is 11.0. The van der Waals surface area contributed by atoms with Crippen molar-refractivity contribution in [1.29, 1.82) is 0 Å². The van der Waals surface area contributed by atoms with Gasteiger partial charge in [-0.25, -0.2) is 4.79 Å². The van der Waals surface area contributed by atoms with E-state index < -0.39 is 16.3 Å². The minimum absolute atomic E-state index is 0.00967. The molecule has 232 valence electrons. The first-order valence-electron chi connectivity index (χ1n) is 13.3. The van der Waals surface area contributed by atoms with Crippen LogP contribution in [0, 0.1) is 5.92 Å². The highest BCUT2D eigenvalue weighted by atomic mass is 32.2. The second kappa shape index (κ2) is 18.5. The number of methoxy groups -OCH3 is 1. The number of nitrogens with one attached hydrogen (secondary N) is 1. The van der Waals surface area contributed by atoms with Crippen molar-refractivity contribution in [2.75, 3.05) is 27.5 Å². The second-order valence-corrected chi connectivity index (χ2v) is 11.3. The minimum atomic E-state index is -3.67. The first-order chi connectivity index (χ1) is 19.7. The summed E-state index contributed by atoms with van der Waals surface area (Å²) < 4.78 is 43.2. The third kappa shape index (κ3) is 16.3. The van der Waals surface area contributed by atoms with Crippen LogP contribution in [0.3, 0.4) is 0 Å². The number of hydrogen-bond donors (Lipinski definition) is 2. The minimum Gasteiger partial charge on any atom is -0.493 e. The number of rotatable bonds is 13. The Hall–Kier alpha value is -3.97. The molecule has 1 heterocycles. The van der Waals surface area contributed by atoms with Crippen molar-refractivity contribution in [3.63, 3.8) is 0 Å². The van der Waals surface area contributed by atoms with E-state index in [0.717, 1.165) is 24.8 Å². The summed E-state index contributed by atoms with van der Waals surface area (Å²) >= 11 is 0. The van der Waals surface area contributed by atoms with E-state index in [1.807, 2.05) is 0 Å². The highest BCUT2D eigenvalue weighted by molar-refractivity contribution is 7.85. The molecule has 0 radical (unpaired) electrons. The molecule has 2 aromatic rings. The summed E-state index contributed by atoms with van der Waals surface area (Å²) in [5.74, 6) is 0.910. The monoisotopic (exact) mass is 608 g/mol. The zero-order valence-corrected chi connectivity index (χ0v) is 25.8. The first kappa shape index (κ1) is 36.1. The van der Waals surface area contributed by atoms with Gasteiger partial charge in [0.15, 0.2) is 23.9 Å². The summed E-state index contributed by atoms with van der Waals surface area (Å²) in [6.07, 6.45) is 10.7. The number of allylic oxidation sites excluding steroid dienone is 2. The van der Waals surface area contributed by atoms with Crippen molar-refractivity contribution in [2.45, 2.75) is 52.8 Å². The van der Waals surface area contributed by atoms with Crippen LogP contribution in [0.1, 0.15) is 55.5 Å². The summed E-state index contributed by atoms with van der Waals surface area (Å²) in [4.78, 5) is 37.9. The Bertz CT molecular complexity index is 1300. The van der Waals surface area contributed by atoms with E-state index in [9.17, 15) is 22.8 Å². The fraction of sp³-hybridized carbons (Fsp3) is 0.448. The van der Waals surface area contributed by atoms with Gasteiger partial charge in [-0.05, 0) is 48.9 Å². The van der Waals surface area contributed by atoms with E-state index in [2.05, 4.69) is 31.3 Å². The van der Waals surface area contributed by atoms with Gasteiger partial charge in [0, 0.05) is 33.1 Å². The van der Waals surface area contributed by atoms with Gasteiger partial charge in [-0.1, -0.05) is 32.1 Å². The molecule has 0 aliphatic rings. The molecule has 2 N–H and O–H groups in total. The Kier molecular flexibility index (Phi) is 15.8. The Morgan fingerprint density at radius 3 is 2.43 bits per heavy atom. The van der Waals surface area contributed by atoms with E-state index in [-0.39, 0.29) is 24.3 Å². The van der Waals surface area contributed by atoms with Gasteiger partial charge in [-0.3, -0.25) is 14.1 Å². The Morgan fingerprint density at radius 2 is 1.81 bits per heavy atom. The molecular weight excluding hydrogens is 566 g/mol. The maximum Gasteiger partial charge on any atom is 0.518 e. The quantitative estimate of drug-likeness (QED) is 0.0865. The van der Waals surface area contributed by atoms with Gasteiger partial charge in [0.05, 0.1) is 13.4 Å². The van der Waals surface area contributed by atoms with E-state index in [4.69, 9.17) is 18.8 Å². The molecule has 0 bridgehead atoms. The Labute approximate surface area is 248 Å². The SMILES string of the molecule is COc1cc(CNC(=O)CCCCC=CC(C)C)ccc1OC(=O)OC[n+]1cccc(C(=O)N(C)C)c1.CS(=O)(=O)O. The van der Waals surface area contributed by atoms with Crippen LogP contribution in [0.25, 0.3) is 0 Å². The predicted molar refractivity (Wildman–Crippen MR) is 157 cm³/mol. The maximum atomic E-state index is 12.2. The summed E-state index contributed by atoms with van der Waals surface area (Å²) in [6.45, 7) is 4.49. The van der Waals surface area contributed by atoms with Gasteiger partial charge in [-0.15, -0.1) is 0 Å². The molecule has 0 aliphatic heterocycles. The summed E-state index contributed by atoms with van der Waals surface area (Å²) in [5.41, 5.74) is 1.27. The zero-order valence-electron chi connectivity index (χ0n) is 25.0. The highest BCUT2D eigenvalue weighted by Gasteiger charge is 2.16. The second-order valence-electron chi connectivity index (χ2n) is 9.84.